The maximum Gasteiger partial charge on any atom is 0.265 e. The van der Waals surface area contributed by atoms with E-state index in [-0.39, 0.29) is 6.61 Å². The van der Waals surface area contributed by atoms with Crippen LogP contribution in [0.2, 0.25) is 0 Å². The Labute approximate surface area is 89.8 Å². The summed E-state index contributed by atoms with van der Waals surface area (Å²) in [5.41, 5.74) is -0.976. The highest BCUT2D eigenvalue weighted by Gasteiger charge is 2.42. The summed E-state index contributed by atoms with van der Waals surface area (Å²) in [6, 6.07) is 0. The van der Waals surface area contributed by atoms with Crippen molar-refractivity contribution in [2.75, 3.05) is 19.1 Å². The van der Waals surface area contributed by atoms with Crippen molar-refractivity contribution in [1.29, 1.82) is 0 Å². The van der Waals surface area contributed by atoms with Crippen molar-refractivity contribution in [2.24, 2.45) is 0 Å². The first kappa shape index (κ1) is 12.9. The van der Waals surface area contributed by atoms with E-state index in [2.05, 4.69) is 4.18 Å². The predicted octanol–water partition coefficient (Wildman–Crippen LogP) is -0.139. The second-order valence-corrected chi connectivity index (χ2v) is 7.01. The Hall–Kier alpha value is -0.180. The van der Waals surface area contributed by atoms with Crippen LogP contribution in [-0.4, -0.2) is 41.6 Å². The van der Waals surface area contributed by atoms with Gasteiger partial charge in [0.05, 0.1) is 19.1 Å². The minimum absolute atomic E-state index is 0.237. The van der Waals surface area contributed by atoms with Gasteiger partial charge in [0.25, 0.3) is 20.2 Å². The first-order valence-corrected chi connectivity index (χ1v) is 8.00. The van der Waals surface area contributed by atoms with E-state index in [1.165, 1.54) is 0 Å². The van der Waals surface area contributed by atoms with Crippen LogP contribution in [0.4, 0.5) is 0 Å². The fourth-order valence-electron chi connectivity index (χ4n) is 1.36. The molecule has 0 aromatic rings. The van der Waals surface area contributed by atoms with Gasteiger partial charge >= 0.3 is 0 Å². The molecule has 1 saturated carbocycles. The van der Waals surface area contributed by atoms with Crippen molar-refractivity contribution >= 4 is 20.2 Å². The van der Waals surface area contributed by atoms with Gasteiger partial charge in [0.2, 0.25) is 0 Å². The maximum atomic E-state index is 10.9. The molecule has 0 heterocycles. The largest absolute Gasteiger partial charge is 0.267 e. The molecule has 0 unspecified atom stereocenters. The molecule has 0 spiro atoms. The molecule has 0 saturated heterocycles. The van der Waals surface area contributed by atoms with Crippen molar-refractivity contribution in [2.45, 2.75) is 24.9 Å². The number of rotatable bonds is 5. The van der Waals surface area contributed by atoms with Crippen LogP contribution in [0.5, 0.6) is 0 Å². The molecule has 15 heavy (non-hydrogen) atoms. The van der Waals surface area contributed by atoms with Gasteiger partial charge in [0.1, 0.15) is 5.60 Å². The van der Waals surface area contributed by atoms with E-state index in [9.17, 15) is 16.8 Å². The van der Waals surface area contributed by atoms with Crippen LogP contribution >= 0.6 is 0 Å². The smallest absolute Gasteiger partial charge is 0.265 e. The van der Waals surface area contributed by atoms with Crippen molar-refractivity contribution in [3.63, 3.8) is 0 Å². The molecule has 1 aliphatic carbocycles. The first-order chi connectivity index (χ1) is 6.62. The van der Waals surface area contributed by atoms with Crippen LogP contribution in [0.15, 0.2) is 0 Å². The van der Waals surface area contributed by atoms with E-state index in [1.54, 1.807) is 0 Å². The summed E-state index contributed by atoms with van der Waals surface area (Å²) in [7, 11) is -7.15. The van der Waals surface area contributed by atoms with Gasteiger partial charge in [0, 0.05) is 0 Å². The minimum atomic E-state index is -3.59. The molecule has 6 nitrogen and oxygen atoms in total. The Kier molecular flexibility index (Phi) is 3.44. The number of hydrogen-bond donors (Lipinski definition) is 0. The summed E-state index contributed by atoms with van der Waals surface area (Å²) < 4.78 is 52.8. The lowest BCUT2D eigenvalue weighted by molar-refractivity contribution is -0.0361. The Morgan fingerprint density at radius 1 is 1.07 bits per heavy atom. The summed E-state index contributed by atoms with van der Waals surface area (Å²) in [6.07, 6.45) is 3.65. The minimum Gasteiger partial charge on any atom is -0.267 e. The second-order valence-electron chi connectivity index (χ2n) is 3.79. The molecule has 0 atom stereocenters. The van der Waals surface area contributed by atoms with E-state index in [0.717, 1.165) is 18.9 Å². The zero-order chi connectivity index (χ0) is 11.7. The SMILES string of the molecule is CS(=O)(=O)OCC1(OS(C)(=O)=O)CCC1. The molecule has 0 aromatic carbocycles. The summed E-state index contributed by atoms with van der Waals surface area (Å²) in [5.74, 6) is 0. The van der Waals surface area contributed by atoms with Crippen LogP contribution in [0.1, 0.15) is 19.3 Å². The standard InChI is InChI=1S/C7H14O6S2/c1-14(8,9)12-6-7(4-3-5-7)13-15(2,10)11/h3-6H2,1-2H3. The first-order valence-electron chi connectivity index (χ1n) is 4.37. The molecule has 0 bridgehead atoms. The summed E-state index contributed by atoms with van der Waals surface area (Å²) in [4.78, 5) is 0. The normalized spacial score (nSPS) is 20.9. The van der Waals surface area contributed by atoms with Crippen molar-refractivity contribution in [3.8, 4) is 0 Å². The van der Waals surface area contributed by atoms with Gasteiger partial charge in [-0.1, -0.05) is 0 Å². The predicted molar refractivity (Wildman–Crippen MR) is 53.3 cm³/mol. The molecule has 0 aromatic heterocycles. The third-order valence-corrected chi connectivity index (χ3v) is 3.33. The van der Waals surface area contributed by atoms with Crippen molar-refractivity contribution < 1.29 is 25.2 Å². The molecule has 8 heteroatoms. The molecule has 1 rings (SSSR count). The monoisotopic (exact) mass is 258 g/mol. The van der Waals surface area contributed by atoms with Gasteiger partial charge in [-0.25, -0.2) is 0 Å². The average Bonchev–Trinajstić information content (AvgIpc) is 1.90. The fraction of sp³-hybridized carbons (Fsp3) is 1.00. The van der Waals surface area contributed by atoms with Crippen molar-refractivity contribution in [3.05, 3.63) is 0 Å². The molecular formula is C7H14O6S2. The maximum absolute atomic E-state index is 10.9. The van der Waals surface area contributed by atoms with E-state index in [1.807, 2.05) is 0 Å². The van der Waals surface area contributed by atoms with E-state index in [4.69, 9.17) is 4.18 Å². The molecule has 0 radical (unpaired) electrons. The van der Waals surface area contributed by atoms with E-state index < -0.39 is 25.8 Å². The van der Waals surface area contributed by atoms with Gasteiger partial charge in [0.15, 0.2) is 0 Å². The molecule has 90 valence electrons. The summed E-state index contributed by atoms with van der Waals surface area (Å²) in [6.45, 7) is -0.237. The lowest BCUT2D eigenvalue weighted by Gasteiger charge is -2.39. The van der Waals surface area contributed by atoms with Gasteiger partial charge in [-0.3, -0.25) is 8.37 Å². The van der Waals surface area contributed by atoms with E-state index in [0.29, 0.717) is 12.8 Å². The van der Waals surface area contributed by atoms with Gasteiger partial charge in [-0.15, -0.1) is 0 Å². The molecule has 0 N–H and O–H groups in total. The third kappa shape index (κ3) is 4.45. The average molecular weight is 258 g/mol. The molecule has 0 aliphatic heterocycles. The molecule has 0 amide bonds. The van der Waals surface area contributed by atoms with Gasteiger partial charge in [-0.05, 0) is 19.3 Å². The van der Waals surface area contributed by atoms with Gasteiger partial charge in [-0.2, -0.15) is 16.8 Å². The summed E-state index contributed by atoms with van der Waals surface area (Å²) in [5, 5.41) is 0. The Balaban J connectivity index is 2.63. The Bertz CT molecular complexity index is 416. The van der Waals surface area contributed by atoms with Crippen LogP contribution in [0, 0.1) is 0 Å². The highest BCUT2D eigenvalue weighted by atomic mass is 32.2. The van der Waals surface area contributed by atoms with Crippen LogP contribution in [0.3, 0.4) is 0 Å². The van der Waals surface area contributed by atoms with Crippen LogP contribution < -0.4 is 0 Å². The molecular weight excluding hydrogens is 244 g/mol. The van der Waals surface area contributed by atoms with Crippen LogP contribution in [-0.2, 0) is 28.6 Å². The Morgan fingerprint density at radius 3 is 1.87 bits per heavy atom. The molecule has 1 aliphatic rings. The topological polar surface area (TPSA) is 86.7 Å². The fourth-order valence-corrected chi connectivity index (χ4v) is 2.64. The summed E-state index contributed by atoms with van der Waals surface area (Å²) >= 11 is 0. The quantitative estimate of drug-likeness (QED) is 0.638. The lowest BCUT2D eigenvalue weighted by atomic mass is 9.81. The zero-order valence-electron chi connectivity index (χ0n) is 8.59. The zero-order valence-corrected chi connectivity index (χ0v) is 10.2. The van der Waals surface area contributed by atoms with Crippen molar-refractivity contribution in [1.82, 2.24) is 0 Å². The van der Waals surface area contributed by atoms with E-state index >= 15 is 0 Å². The highest BCUT2D eigenvalue weighted by molar-refractivity contribution is 7.86. The third-order valence-electron chi connectivity index (χ3n) is 2.13. The second kappa shape index (κ2) is 4.00. The lowest BCUT2D eigenvalue weighted by Crippen LogP contribution is -2.46. The highest BCUT2D eigenvalue weighted by Crippen LogP contribution is 2.37. The number of hydrogen-bond acceptors (Lipinski definition) is 6. The van der Waals surface area contributed by atoms with Gasteiger partial charge < -0.3 is 0 Å². The van der Waals surface area contributed by atoms with Crippen LogP contribution in [0.25, 0.3) is 0 Å². The molecule has 1 fully saturated rings. The Morgan fingerprint density at radius 2 is 1.60 bits per heavy atom.